The molecular formula is C13H18FN3S. The van der Waals surface area contributed by atoms with Gasteiger partial charge in [-0.2, -0.15) is 0 Å². The summed E-state index contributed by atoms with van der Waals surface area (Å²) in [7, 11) is 2.10. The second-order valence-electron chi connectivity index (χ2n) is 4.83. The van der Waals surface area contributed by atoms with Gasteiger partial charge >= 0.3 is 0 Å². The topological polar surface area (TPSA) is 32.5 Å². The molecule has 2 N–H and O–H groups in total. The Balaban J connectivity index is 2.24. The van der Waals surface area contributed by atoms with Crippen LogP contribution in [0.4, 0.5) is 10.1 Å². The van der Waals surface area contributed by atoms with Gasteiger partial charge in [0.1, 0.15) is 10.8 Å². The first kappa shape index (κ1) is 13.2. The van der Waals surface area contributed by atoms with Gasteiger partial charge in [-0.1, -0.05) is 12.2 Å². The number of anilines is 1. The van der Waals surface area contributed by atoms with Crippen LogP contribution in [-0.4, -0.2) is 42.6 Å². The number of nitrogens with zero attached hydrogens (tertiary/aromatic N) is 2. The van der Waals surface area contributed by atoms with E-state index in [-0.39, 0.29) is 10.8 Å². The minimum atomic E-state index is -0.342. The number of hydrogen-bond donors (Lipinski definition) is 1. The molecule has 1 unspecified atom stereocenters. The maximum absolute atomic E-state index is 13.9. The molecule has 0 bridgehead atoms. The summed E-state index contributed by atoms with van der Waals surface area (Å²) in [6.07, 6.45) is 0. The van der Waals surface area contributed by atoms with Crippen LogP contribution in [0.1, 0.15) is 12.5 Å². The Bertz CT molecular complexity index is 464. The first-order valence-electron chi connectivity index (χ1n) is 6.03. The van der Waals surface area contributed by atoms with Crippen molar-refractivity contribution in [2.45, 2.75) is 13.0 Å². The Kier molecular flexibility index (Phi) is 3.82. The second kappa shape index (κ2) is 5.20. The van der Waals surface area contributed by atoms with Gasteiger partial charge in [0.25, 0.3) is 0 Å². The standard InChI is InChI=1S/C13H18FN3S/c1-9-8-16(2)5-6-17(9)10-3-4-11(13(15)18)12(14)7-10/h3-4,7,9H,5-6,8H2,1-2H3,(H2,15,18). The summed E-state index contributed by atoms with van der Waals surface area (Å²) in [5, 5.41) is 0. The van der Waals surface area contributed by atoms with Crippen LogP contribution < -0.4 is 10.6 Å². The minimum absolute atomic E-state index is 0.102. The van der Waals surface area contributed by atoms with E-state index in [1.54, 1.807) is 6.07 Å². The van der Waals surface area contributed by atoms with Crippen LogP contribution in [0.25, 0.3) is 0 Å². The zero-order valence-corrected chi connectivity index (χ0v) is 11.5. The Hall–Kier alpha value is -1.20. The average molecular weight is 267 g/mol. The summed E-state index contributed by atoms with van der Waals surface area (Å²) in [5.74, 6) is -0.342. The minimum Gasteiger partial charge on any atom is -0.389 e. The van der Waals surface area contributed by atoms with Crippen molar-refractivity contribution in [3.8, 4) is 0 Å². The van der Waals surface area contributed by atoms with Gasteiger partial charge in [-0.05, 0) is 32.2 Å². The lowest BCUT2D eigenvalue weighted by Crippen LogP contribution is -2.50. The predicted octanol–water partition coefficient (Wildman–Crippen LogP) is 1.60. The van der Waals surface area contributed by atoms with Crippen LogP contribution in [0.5, 0.6) is 0 Å². The number of likely N-dealkylation sites (N-methyl/N-ethyl adjacent to an activating group) is 1. The normalized spacial score (nSPS) is 21.1. The van der Waals surface area contributed by atoms with Crippen molar-refractivity contribution < 1.29 is 4.39 Å². The molecular weight excluding hydrogens is 249 g/mol. The molecule has 1 heterocycles. The Morgan fingerprint density at radius 2 is 2.17 bits per heavy atom. The highest BCUT2D eigenvalue weighted by atomic mass is 32.1. The summed E-state index contributed by atoms with van der Waals surface area (Å²) < 4.78 is 13.9. The Morgan fingerprint density at radius 1 is 1.44 bits per heavy atom. The van der Waals surface area contributed by atoms with E-state index in [0.29, 0.717) is 11.6 Å². The Morgan fingerprint density at radius 3 is 2.72 bits per heavy atom. The lowest BCUT2D eigenvalue weighted by atomic mass is 10.1. The molecule has 0 aromatic heterocycles. The third kappa shape index (κ3) is 2.62. The van der Waals surface area contributed by atoms with Gasteiger partial charge in [0.2, 0.25) is 0 Å². The van der Waals surface area contributed by atoms with E-state index in [9.17, 15) is 4.39 Å². The first-order valence-corrected chi connectivity index (χ1v) is 6.44. The molecule has 1 atom stereocenters. The lowest BCUT2D eigenvalue weighted by molar-refractivity contribution is 0.275. The van der Waals surface area contributed by atoms with E-state index < -0.39 is 0 Å². The fraction of sp³-hybridized carbons (Fsp3) is 0.462. The third-order valence-electron chi connectivity index (χ3n) is 3.38. The highest BCUT2D eigenvalue weighted by molar-refractivity contribution is 7.80. The molecule has 1 aromatic rings. The summed E-state index contributed by atoms with van der Waals surface area (Å²) in [5.41, 5.74) is 6.67. The average Bonchev–Trinajstić information content (AvgIpc) is 2.28. The van der Waals surface area contributed by atoms with E-state index in [0.717, 1.165) is 25.3 Å². The molecule has 18 heavy (non-hydrogen) atoms. The maximum Gasteiger partial charge on any atom is 0.135 e. The molecule has 0 radical (unpaired) electrons. The van der Waals surface area contributed by atoms with Crippen LogP contribution in [-0.2, 0) is 0 Å². The molecule has 1 saturated heterocycles. The molecule has 0 aliphatic carbocycles. The summed E-state index contributed by atoms with van der Waals surface area (Å²) in [6.45, 7) is 5.03. The lowest BCUT2D eigenvalue weighted by Gasteiger charge is -2.39. The quantitative estimate of drug-likeness (QED) is 0.825. The van der Waals surface area contributed by atoms with Gasteiger partial charge in [0, 0.05) is 36.9 Å². The molecule has 3 nitrogen and oxygen atoms in total. The van der Waals surface area contributed by atoms with Gasteiger partial charge in [-0.3, -0.25) is 0 Å². The predicted molar refractivity (Wildman–Crippen MR) is 76.6 cm³/mol. The summed E-state index contributed by atoms with van der Waals surface area (Å²) >= 11 is 4.81. The number of hydrogen-bond acceptors (Lipinski definition) is 3. The molecule has 5 heteroatoms. The molecule has 1 aliphatic heterocycles. The molecule has 0 amide bonds. The van der Waals surface area contributed by atoms with Crippen molar-refractivity contribution in [1.82, 2.24) is 4.90 Å². The zero-order chi connectivity index (χ0) is 13.3. The van der Waals surface area contributed by atoms with E-state index in [1.807, 2.05) is 6.07 Å². The van der Waals surface area contributed by atoms with Gasteiger partial charge in [-0.25, -0.2) is 4.39 Å². The number of rotatable bonds is 2. The monoisotopic (exact) mass is 267 g/mol. The summed E-state index contributed by atoms with van der Waals surface area (Å²) in [6, 6.07) is 5.45. The largest absolute Gasteiger partial charge is 0.389 e. The highest BCUT2D eigenvalue weighted by Gasteiger charge is 2.22. The van der Waals surface area contributed by atoms with E-state index in [4.69, 9.17) is 18.0 Å². The number of thiocarbonyl (C=S) groups is 1. The van der Waals surface area contributed by atoms with Gasteiger partial charge < -0.3 is 15.5 Å². The van der Waals surface area contributed by atoms with Crippen LogP contribution in [0, 0.1) is 5.82 Å². The zero-order valence-electron chi connectivity index (χ0n) is 10.7. The van der Waals surface area contributed by atoms with Gasteiger partial charge in [-0.15, -0.1) is 0 Å². The van der Waals surface area contributed by atoms with Crippen LogP contribution in [0.2, 0.25) is 0 Å². The van der Waals surface area contributed by atoms with Gasteiger partial charge in [0.05, 0.1) is 0 Å². The number of halogens is 1. The van der Waals surface area contributed by atoms with Gasteiger partial charge in [0.15, 0.2) is 0 Å². The number of nitrogens with two attached hydrogens (primary N) is 1. The van der Waals surface area contributed by atoms with E-state index in [2.05, 4.69) is 23.8 Å². The van der Waals surface area contributed by atoms with Crippen LogP contribution in [0.3, 0.4) is 0 Å². The van der Waals surface area contributed by atoms with Crippen molar-refractivity contribution >= 4 is 22.9 Å². The highest BCUT2D eigenvalue weighted by Crippen LogP contribution is 2.22. The molecule has 0 spiro atoms. The fourth-order valence-corrected chi connectivity index (χ4v) is 2.57. The molecule has 98 valence electrons. The Labute approximate surface area is 112 Å². The van der Waals surface area contributed by atoms with Crippen molar-refractivity contribution in [1.29, 1.82) is 0 Å². The first-order chi connectivity index (χ1) is 8.49. The number of piperazine rings is 1. The molecule has 1 aromatic carbocycles. The van der Waals surface area contributed by atoms with Crippen molar-refractivity contribution in [3.63, 3.8) is 0 Å². The molecule has 2 rings (SSSR count). The van der Waals surface area contributed by atoms with Crippen LogP contribution in [0.15, 0.2) is 18.2 Å². The van der Waals surface area contributed by atoms with Crippen molar-refractivity contribution in [2.24, 2.45) is 5.73 Å². The fourth-order valence-electron chi connectivity index (χ4n) is 2.41. The third-order valence-corrected chi connectivity index (χ3v) is 3.60. The van der Waals surface area contributed by atoms with Crippen molar-refractivity contribution in [2.75, 3.05) is 31.6 Å². The maximum atomic E-state index is 13.9. The smallest absolute Gasteiger partial charge is 0.135 e. The molecule has 1 fully saturated rings. The summed E-state index contributed by atoms with van der Waals surface area (Å²) in [4.78, 5) is 4.60. The second-order valence-corrected chi connectivity index (χ2v) is 5.27. The SMILES string of the molecule is CC1CN(C)CCN1c1ccc(C(N)=S)c(F)c1. The van der Waals surface area contributed by atoms with Crippen molar-refractivity contribution in [3.05, 3.63) is 29.6 Å². The number of benzene rings is 1. The van der Waals surface area contributed by atoms with E-state index in [1.165, 1.54) is 6.07 Å². The van der Waals surface area contributed by atoms with Crippen LogP contribution >= 0.6 is 12.2 Å². The molecule has 1 aliphatic rings. The van der Waals surface area contributed by atoms with E-state index >= 15 is 0 Å². The molecule has 0 saturated carbocycles.